The van der Waals surface area contributed by atoms with Crippen molar-refractivity contribution in [2.45, 2.75) is 32.4 Å². The Bertz CT molecular complexity index is 2310. The first kappa shape index (κ1) is 40.3. The molecular weight excluding hydrogens is 734 g/mol. The van der Waals surface area contributed by atoms with Crippen LogP contribution in [0.15, 0.2) is 125 Å². The van der Waals surface area contributed by atoms with Crippen LogP contribution in [0.1, 0.15) is 61.7 Å². The van der Waals surface area contributed by atoms with Crippen LogP contribution in [0.4, 0.5) is 28.4 Å². The van der Waals surface area contributed by atoms with Crippen LogP contribution >= 0.6 is 0 Å². The summed E-state index contributed by atoms with van der Waals surface area (Å²) < 4.78 is 5.77. The third-order valence-electron chi connectivity index (χ3n) is 7.98. The molecule has 0 saturated heterocycles. The molecule has 5 aromatic rings. The van der Waals surface area contributed by atoms with Crippen molar-refractivity contribution < 1.29 is 43.7 Å². The second-order valence-electron chi connectivity index (χ2n) is 12.6. The number of nitrogens with zero attached hydrogens (tertiary/aromatic N) is 2. The van der Waals surface area contributed by atoms with Gasteiger partial charge in [-0.1, -0.05) is 18.2 Å². The van der Waals surface area contributed by atoms with Gasteiger partial charge in [-0.25, -0.2) is 4.79 Å². The Hall–Kier alpha value is -7.88. The molecule has 57 heavy (non-hydrogen) atoms. The Labute approximate surface area is 325 Å². The maximum absolute atomic E-state index is 13.3. The van der Waals surface area contributed by atoms with Crippen molar-refractivity contribution in [2.24, 2.45) is 16.0 Å². The summed E-state index contributed by atoms with van der Waals surface area (Å²) in [5.41, 5.74) is 7.30. The summed E-state index contributed by atoms with van der Waals surface area (Å²) in [4.78, 5) is 75.4. The van der Waals surface area contributed by atoms with Crippen molar-refractivity contribution in [1.29, 1.82) is 0 Å². The number of azo groups is 1. The third-order valence-corrected chi connectivity index (χ3v) is 7.98. The number of benzene rings is 5. The molecule has 0 saturated carbocycles. The topological polar surface area (TPSA) is 251 Å². The number of carbonyl (C=O) groups excluding carboxylic acids is 5. The molecule has 0 fully saturated rings. The van der Waals surface area contributed by atoms with Gasteiger partial charge in [0.25, 0.3) is 17.7 Å². The number of aromatic carboxylic acids is 1. The van der Waals surface area contributed by atoms with E-state index in [9.17, 15) is 33.9 Å². The fourth-order valence-electron chi connectivity index (χ4n) is 5.17. The minimum atomic E-state index is -1.33. The zero-order valence-electron chi connectivity index (χ0n) is 30.6. The maximum Gasteiger partial charge on any atom is 0.335 e. The van der Waals surface area contributed by atoms with Crippen molar-refractivity contribution in [3.05, 3.63) is 138 Å². The highest BCUT2D eigenvalue weighted by atomic mass is 16.5. The number of nitrogens with one attached hydrogen (secondary N) is 4. The summed E-state index contributed by atoms with van der Waals surface area (Å²) in [6.07, 6.45) is -0.961. The van der Waals surface area contributed by atoms with E-state index >= 15 is 0 Å². The predicted octanol–water partition coefficient (Wildman–Crippen LogP) is 6.41. The number of hydrogen-bond donors (Lipinski definition) is 7. The first-order valence-electron chi connectivity index (χ1n) is 17.3. The standard InChI is InChI=1S/C41H37N7O9/c1-23(2)57-36-32(21-20-31(35(36)50)39(53)43-27-16-12-26(13-17-27)41(55)56)45-37(51)24-8-14-28(15-9-24)44-40(54)33(22-34(42)49)46-38(52)25-10-18-30(19-11-25)48-47-29-6-4-3-5-7-29/h3-21,23,33,50H,22H2,1-2H3,(H2,42,49)(H,43,53)(H,44,54)(H,45,51)(H,46,52)(H,55,56)/b48-47+. The summed E-state index contributed by atoms with van der Waals surface area (Å²) in [5.74, 6) is -5.37. The highest BCUT2D eigenvalue weighted by molar-refractivity contribution is 6.10. The molecule has 16 heteroatoms. The molecule has 5 amide bonds. The lowest BCUT2D eigenvalue weighted by molar-refractivity contribution is -0.123. The Balaban J connectivity index is 1.22. The van der Waals surface area contributed by atoms with Crippen LogP contribution in [0.3, 0.4) is 0 Å². The van der Waals surface area contributed by atoms with Crippen molar-refractivity contribution in [1.82, 2.24) is 5.32 Å². The van der Waals surface area contributed by atoms with E-state index in [-0.39, 0.29) is 45.1 Å². The number of hydrogen-bond acceptors (Lipinski definition) is 10. The van der Waals surface area contributed by atoms with E-state index in [2.05, 4.69) is 31.5 Å². The normalized spacial score (nSPS) is 11.4. The van der Waals surface area contributed by atoms with Gasteiger partial charge in [0.15, 0.2) is 11.5 Å². The van der Waals surface area contributed by atoms with E-state index in [0.717, 1.165) is 0 Å². The van der Waals surface area contributed by atoms with Gasteiger partial charge in [0.1, 0.15) is 6.04 Å². The lowest BCUT2D eigenvalue weighted by Gasteiger charge is -2.19. The number of aromatic hydroxyl groups is 1. The molecular formula is C41H37N7O9. The summed E-state index contributed by atoms with van der Waals surface area (Å²) in [6, 6.07) is 27.7. The quantitative estimate of drug-likeness (QED) is 0.0580. The number of anilines is 3. The van der Waals surface area contributed by atoms with Gasteiger partial charge in [0.2, 0.25) is 11.8 Å². The van der Waals surface area contributed by atoms with Gasteiger partial charge in [-0.2, -0.15) is 10.2 Å². The second-order valence-corrected chi connectivity index (χ2v) is 12.6. The van der Waals surface area contributed by atoms with E-state index < -0.39 is 59.8 Å². The summed E-state index contributed by atoms with van der Waals surface area (Å²) in [7, 11) is 0. The fraction of sp³-hybridized carbons (Fsp3) is 0.122. The van der Waals surface area contributed by atoms with Crippen LogP contribution in [0.2, 0.25) is 0 Å². The number of carbonyl (C=O) groups is 6. The summed E-state index contributed by atoms with van der Waals surface area (Å²) >= 11 is 0. The van der Waals surface area contributed by atoms with Crippen molar-refractivity contribution in [3.8, 4) is 11.5 Å². The number of ether oxygens (including phenoxy) is 1. The first-order valence-corrected chi connectivity index (χ1v) is 17.3. The third kappa shape index (κ3) is 11.1. The van der Waals surface area contributed by atoms with Crippen molar-refractivity contribution in [3.63, 3.8) is 0 Å². The Morgan fingerprint density at radius 2 is 1.19 bits per heavy atom. The molecule has 290 valence electrons. The molecule has 1 atom stereocenters. The number of nitrogens with two attached hydrogens (primary N) is 1. The number of phenolic OH excluding ortho intramolecular Hbond substituents is 1. The average molecular weight is 772 g/mol. The van der Waals surface area contributed by atoms with Gasteiger partial charge < -0.3 is 42.0 Å². The van der Waals surface area contributed by atoms with Gasteiger partial charge in [0.05, 0.1) is 40.7 Å². The molecule has 0 aliphatic rings. The molecule has 16 nitrogen and oxygen atoms in total. The highest BCUT2D eigenvalue weighted by Gasteiger charge is 2.25. The summed E-state index contributed by atoms with van der Waals surface area (Å²) in [6.45, 7) is 3.38. The van der Waals surface area contributed by atoms with Crippen molar-refractivity contribution >= 4 is 63.9 Å². The minimum Gasteiger partial charge on any atom is -0.504 e. The van der Waals surface area contributed by atoms with E-state index in [1.807, 2.05) is 18.2 Å². The van der Waals surface area contributed by atoms with Crippen LogP contribution in [0.5, 0.6) is 11.5 Å². The highest BCUT2D eigenvalue weighted by Crippen LogP contribution is 2.39. The minimum absolute atomic E-state index is 0.0285. The smallest absolute Gasteiger partial charge is 0.335 e. The van der Waals surface area contributed by atoms with Gasteiger partial charge in [-0.05, 0) is 111 Å². The molecule has 0 aliphatic heterocycles. The van der Waals surface area contributed by atoms with Crippen molar-refractivity contribution in [2.75, 3.05) is 16.0 Å². The van der Waals surface area contributed by atoms with Crippen LogP contribution < -0.4 is 31.7 Å². The molecule has 0 radical (unpaired) electrons. The maximum atomic E-state index is 13.3. The SMILES string of the molecule is CC(C)Oc1c(NC(=O)c2ccc(NC(=O)C(CC(N)=O)NC(=O)c3ccc(/N=N/c4ccccc4)cc3)cc2)ccc(C(=O)Nc2ccc(C(=O)O)cc2)c1O. The largest absolute Gasteiger partial charge is 0.504 e. The number of phenols is 1. The van der Waals surface area contributed by atoms with Crippen LogP contribution in [-0.2, 0) is 9.59 Å². The summed E-state index contributed by atoms with van der Waals surface area (Å²) in [5, 5.41) is 38.8. The fourth-order valence-corrected chi connectivity index (χ4v) is 5.17. The van der Waals surface area contributed by atoms with Crippen LogP contribution in [-0.4, -0.2) is 57.9 Å². The Kier molecular flexibility index (Phi) is 13.0. The Morgan fingerprint density at radius 3 is 1.77 bits per heavy atom. The number of carboxylic acid groups (broad SMARTS) is 1. The second kappa shape index (κ2) is 18.4. The molecule has 5 rings (SSSR count). The zero-order chi connectivity index (χ0) is 41.1. The predicted molar refractivity (Wildman–Crippen MR) is 210 cm³/mol. The molecule has 0 heterocycles. The van der Waals surface area contributed by atoms with E-state index in [1.54, 1.807) is 38.1 Å². The molecule has 1 unspecified atom stereocenters. The number of carboxylic acids is 1. The zero-order valence-corrected chi connectivity index (χ0v) is 30.6. The molecule has 0 aromatic heterocycles. The monoisotopic (exact) mass is 771 g/mol. The number of amides is 5. The van der Waals surface area contributed by atoms with Crippen LogP contribution in [0, 0.1) is 0 Å². The average Bonchev–Trinajstić information content (AvgIpc) is 3.19. The van der Waals surface area contributed by atoms with Gasteiger partial charge in [0, 0.05) is 22.5 Å². The van der Waals surface area contributed by atoms with Gasteiger partial charge in [-0.15, -0.1) is 0 Å². The molecule has 8 N–H and O–H groups in total. The van der Waals surface area contributed by atoms with Gasteiger partial charge >= 0.3 is 5.97 Å². The lowest BCUT2D eigenvalue weighted by atomic mass is 10.1. The molecule has 5 aromatic carbocycles. The first-order chi connectivity index (χ1) is 27.3. The van der Waals surface area contributed by atoms with E-state index in [1.165, 1.54) is 72.8 Å². The molecule has 0 spiro atoms. The van der Waals surface area contributed by atoms with Crippen LogP contribution in [0.25, 0.3) is 0 Å². The van der Waals surface area contributed by atoms with Gasteiger partial charge in [-0.3, -0.25) is 24.0 Å². The molecule has 0 aliphatic carbocycles. The Morgan fingerprint density at radius 1 is 0.649 bits per heavy atom. The molecule has 0 bridgehead atoms. The van der Waals surface area contributed by atoms with E-state index in [0.29, 0.717) is 11.4 Å². The van der Waals surface area contributed by atoms with E-state index in [4.69, 9.17) is 15.6 Å². The number of primary amides is 1. The lowest BCUT2D eigenvalue weighted by Crippen LogP contribution is -2.46. The number of rotatable bonds is 15.